The molecular formula is C20H27N5O5. The lowest BCUT2D eigenvalue weighted by molar-refractivity contribution is -0.134. The predicted octanol–water partition coefficient (Wildman–Crippen LogP) is 0.151. The average Bonchev–Trinajstić information content (AvgIpc) is 3.43. The van der Waals surface area contributed by atoms with Crippen molar-refractivity contribution in [1.29, 1.82) is 0 Å². The number of rotatable bonds is 6. The fourth-order valence-corrected chi connectivity index (χ4v) is 3.68. The average molecular weight is 417 g/mol. The van der Waals surface area contributed by atoms with Crippen molar-refractivity contribution in [1.82, 2.24) is 24.4 Å². The molecule has 2 fully saturated rings. The molecule has 3 heterocycles. The molecule has 2 aromatic rings. The van der Waals surface area contributed by atoms with Crippen molar-refractivity contribution in [2.24, 2.45) is 5.92 Å². The summed E-state index contributed by atoms with van der Waals surface area (Å²) < 4.78 is 7.92. The molecule has 1 aliphatic heterocycles. The third-order valence-corrected chi connectivity index (χ3v) is 5.35. The van der Waals surface area contributed by atoms with Crippen molar-refractivity contribution in [2.75, 3.05) is 26.3 Å². The Bertz CT molecular complexity index is 1030. The molecule has 2 amide bonds. The first kappa shape index (κ1) is 20.4. The largest absolute Gasteiger partial charge is 0.494 e. The molecule has 0 unspecified atom stereocenters. The fourth-order valence-electron chi connectivity index (χ4n) is 3.68. The molecule has 10 heteroatoms. The van der Waals surface area contributed by atoms with Crippen molar-refractivity contribution in [2.45, 2.75) is 45.7 Å². The van der Waals surface area contributed by atoms with E-state index in [4.69, 9.17) is 4.74 Å². The van der Waals surface area contributed by atoms with E-state index in [9.17, 15) is 19.5 Å². The quantitative estimate of drug-likeness (QED) is 0.691. The summed E-state index contributed by atoms with van der Waals surface area (Å²) in [6.07, 6.45) is 3.25. The van der Waals surface area contributed by atoms with Crippen molar-refractivity contribution in [3.63, 3.8) is 0 Å². The smallest absolute Gasteiger partial charge is 0.291 e. The minimum absolute atomic E-state index is 0.0462. The van der Waals surface area contributed by atoms with Crippen LogP contribution in [0.4, 0.5) is 0 Å². The lowest BCUT2D eigenvalue weighted by Gasteiger charge is -2.26. The molecule has 2 aromatic heterocycles. The minimum atomic E-state index is -0.689. The normalized spacial score (nSPS) is 17.0. The summed E-state index contributed by atoms with van der Waals surface area (Å²) >= 11 is 0. The number of nitrogens with one attached hydrogen (secondary N) is 1. The molecule has 2 N–H and O–H groups in total. The SMILES string of the molecule is CC(C)Cn1c(O)c(C(=O)NC2CC2)c(=O)n2ncc(CC(=O)N3CCOCC3)c12. The van der Waals surface area contributed by atoms with Gasteiger partial charge in [-0.25, -0.2) is 0 Å². The Kier molecular flexibility index (Phi) is 5.50. The van der Waals surface area contributed by atoms with Crippen LogP contribution in [0.25, 0.3) is 5.65 Å². The van der Waals surface area contributed by atoms with Gasteiger partial charge in [0.2, 0.25) is 11.8 Å². The summed E-state index contributed by atoms with van der Waals surface area (Å²) in [4.78, 5) is 40.0. The maximum absolute atomic E-state index is 13.0. The van der Waals surface area contributed by atoms with Crippen LogP contribution >= 0.6 is 0 Å². The van der Waals surface area contributed by atoms with E-state index in [1.807, 2.05) is 13.8 Å². The van der Waals surface area contributed by atoms with Gasteiger partial charge in [0.15, 0.2) is 5.56 Å². The highest BCUT2D eigenvalue weighted by Crippen LogP contribution is 2.24. The number of aromatic nitrogens is 3. The molecule has 0 bridgehead atoms. The van der Waals surface area contributed by atoms with Gasteiger partial charge in [0.25, 0.3) is 11.5 Å². The summed E-state index contributed by atoms with van der Waals surface area (Å²) in [6.45, 7) is 6.34. The van der Waals surface area contributed by atoms with E-state index in [1.165, 1.54) is 10.8 Å². The molecule has 0 radical (unpaired) electrons. The number of hydrogen-bond donors (Lipinski definition) is 2. The summed E-state index contributed by atoms with van der Waals surface area (Å²) in [6, 6.07) is 0.0462. The van der Waals surface area contributed by atoms with Crippen molar-refractivity contribution < 1.29 is 19.4 Å². The topological polar surface area (TPSA) is 118 Å². The number of aromatic hydroxyl groups is 1. The van der Waals surface area contributed by atoms with Gasteiger partial charge in [0.05, 0.1) is 25.8 Å². The second kappa shape index (κ2) is 8.10. The van der Waals surface area contributed by atoms with Crippen LogP contribution < -0.4 is 10.9 Å². The number of ether oxygens (including phenoxy) is 1. The third-order valence-electron chi connectivity index (χ3n) is 5.35. The first-order chi connectivity index (χ1) is 14.4. The van der Waals surface area contributed by atoms with Gasteiger partial charge < -0.3 is 20.1 Å². The Morgan fingerprint density at radius 2 is 2.00 bits per heavy atom. The van der Waals surface area contributed by atoms with E-state index in [2.05, 4.69) is 10.4 Å². The molecule has 0 spiro atoms. The summed E-state index contributed by atoms with van der Waals surface area (Å²) in [5.41, 5.74) is -0.126. The van der Waals surface area contributed by atoms with Gasteiger partial charge in [0, 0.05) is 31.2 Å². The van der Waals surface area contributed by atoms with E-state index in [0.717, 1.165) is 17.4 Å². The maximum atomic E-state index is 13.0. The van der Waals surface area contributed by atoms with Crippen LogP contribution in [0.2, 0.25) is 0 Å². The van der Waals surface area contributed by atoms with Gasteiger partial charge in [-0.2, -0.15) is 9.61 Å². The monoisotopic (exact) mass is 417 g/mol. The lowest BCUT2D eigenvalue weighted by atomic mass is 10.1. The van der Waals surface area contributed by atoms with Gasteiger partial charge in [0.1, 0.15) is 5.65 Å². The van der Waals surface area contributed by atoms with Crippen molar-refractivity contribution in [3.05, 3.63) is 27.7 Å². The van der Waals surface area contributed by atoms with Crippen LogP contribution in [0.1, 0.15) is 42.6 Å². The highest BCUT2D eigenvalue weighted by atomic mass is 16.5. The number of amides is 2. The third kappa shape index (κ3) is 3.91. The summed E-state index contributed by atoms with van der Waals surface area (Å²) in [7, 11) is 0. The van der Waals surface area contributed by atoms with Gasteiger partial charge in [-0.3, -0.25) is 19.0 Å². The summed E-state index contributed by atoms with van der Waals surface area (Å²) in [5.74, 6) is -0.952. The Hall–Kier alpha value is -2.88. The Morgan fingerprint density at radius 1 is 1.30 bits per heavy atom. The van der Waals surface area contributed by atoms with Gasteiger partial charge in [-0.1, -0.05) is 13.8 Å². The molecule has 30 heavy (non-hydrogen) atoms. The Labute approximate surface area is 173 Å². The first-order valence-electron chi connectivity index (χ1n) is 10.4. The Morgan fingerprint density at radius 3 is 2.63 bits per heavy atom. The zero-order valence-electron chi connectivity index (χ0n) is 17.3. The highest BCUT2D eigenvalue weighted by molar-refractivity contribution is 5.96. The number of morpholine rings is 1. The predicted molar refractivity (Wildman–Crippen MR) is 108 cm³/mol. The standard InChI is InChI=1S/C20H27N5O5/c1-12(2)11-24-18-13(9-15(26)23-5-7-30-8-6-23)10-21-25(18)20(29)16(19(24)28)17(27)22-14-3-4-14/h10,12,14,28H,3-9,11H2,1-2H3,(H,22,27). The minimum Gasteiger partial charge on any atom is -0.494 e. The molecule has 1 saturated carbocycles. The van der Waals surface area contributed by atoms with E-state index >= 15 is 0 Å². The van der Waals surface area contributed by atoms with E-state index in [1.54, 1.807) is 4.90 Å². The second-order valence-corrected chi connectivity index (χ2v) is 8.33. The van der Waals surface area contributed by atoms with Crippen LogP contribution in [-0.2, 0) is 22.5 Å². The zero-order chi connectivity index (χ0) is 21.4. The molecule has 1 saturated heterocycles. The molecule has 0 aromatic carbocycles. The fraction of sp³-hybridized carbons (Fsp3) is 0.600. The molecular weight excluding hydrogens is 390 g/mol. The van der Waals surface area contributed by atoms with Crippen LogP contribution in [0.5, 0.6) is 5.88 Å². The zero-order valence-corrected chi connectivity index (χ0v) is 17.3. The van der Waals surface area contributed by atoms with Crippen LogP contribution in [0.3, 0.4) is 0 Å². The molecule has 1 aliphatic carbocycles. The molecule has 4 rings (SSSR count). The van der Waals surface area contributed by atoms with Gasteiger partial charge in [-0.15, -0.1) is 0 Å². The number of carbonyl (C=O) groups is 2. The van der Waals surface area contributed by atoms with Crippen LogP contribution in [-0.4, -0.2) is 68.3 Å². The van der Waals surface area contributed by atoms with Gasteiger partial charge >= 0.3 is 0 Å². The number of nitrogens with zero attached hydrogens (tertiary/aromatic N) is 4. The number of hydrogen-bond acceptors (Lipinski definition) is 6. The van der Waals surface area contributed by atoms with Crippen LogP contribution in [0.15, 0.2) is 11.0 Å². The molecule has 10 nitrogen and oxygen atoms in total. The second-order valence-electron chi connectivity index (χ2n) is 8.33. The van der Waals surface area contributed by atoms with Gasteiger partial charge in [-0.05, 0) is 18.8 Å². The van der Waals surface area contributed by atoms with Crippen molar-refractivity contribution >= 4 is 17.5 Å². The van der Waals surface area contributed by atoms with Crippen LogP contribution in [0, 0.1) is 5.92 Å². The number of carbonyl (C=O) groups excluding carboxylic acids is 2. The highest BCUT2D eigenvalue weighted by Gasteiger charge is 2.30. The van der Waals surface area contributed by atoms with E-state index in [-0.39, 0.29) is 35.7 Å². The number of fused-ring (bicyclic) bond motifs is 1. The molecule has 0 atom stereocenters. The maximum Gasteiger partial charge on any atom is 0.291 e. The Balaban J connectivity index is 1.76. The van der Waals surface area contributed by atoms with E-state index < -0.39 is 11.5 Å². The lowest BCUT2D eigenvalue weighted by Crippen LogP contribution is -2.41. The molecule has 2 aliphatic rings. The first-order valence-corrected chi connectivity index (χ1v) is 10.4. The van der Waals surface area contributed by atoms with E-state index in [0.29, 0.717) is 44.1 Å². The summed E-state index contributed by atoms with van der Waals surface area (Å²) in [5, 5.41) is 17.8. The molecule has 162 valence electrons. The van der Waals surface area contributed by atoms with Crippen molar-refractivity contribution in [3.8, 4) is 5.88 Å².